The maximum atomic E-state index is 6.14. The molecule has 2 heterocycles. The summed E-state index contributed by atoms with van der Waals surface area (Å²) in [6.45, 7) is 2.05. The van der Waals surface area contributed by atoms with Crippen LogP contribution in [-0.2, 0) is 0 Å². The van der Waals surface area contributed by atoms with Crippen LogP contribution >= 0.6 is 11.6 Å². The van der Waals surface area contributed by atoms with Gasteiger partial charge < -0.3 is 0 Å². The van der Waals surface area contributed by atoms with Gasteiger partial charge in [0.1, 0.15) is 5.69 Å². The minimum Gasteiger partial charge on any atom is -0.248 e. The Morgan fingerprint density at radius 3 is 2.57 bits per heavy atom. The number of hydrogen-bond donors (Lipinski definition) is 0. The summed E-state index contributed by atoms with van der Waals surface area (Å²) in [7, 11) is 0. The van der Waals surface area contributed by atoms with Crippen LogP contribution in [0.15, 0.2) is 54.9 Å². The molecule has 0 unspecified atom stereocenters. The van der Waals surface area contributed by atoms with Crippen molar-refractivity contribution in [2.75, 3.05) is 0 Å². The van der Waals surface area contributed by atoms with Crippen LogP contribution in [0.25, 0.3) is 5.69 Å². The first-order valence-electron chi connectivity index (χ1n) is 6.47. The van der Waals surface area contributed by atoms with Gasteiger partial charge in [-0.3, -0.25) is 0 Å². The quantitative estimate of drug-likeness (QED) is 0.642. The van der Waals surface area contributed by atoms with Gasteiger partial charge >= 0.3 is 0 Å². The smallest absolute Gasteiger partial charge is 0.167 e. The summed E-state index contributed by atoms with van der Waals surface area (Å²) in [5, 5.41) is 4.67. The standard InChI is InChI=1S/C17H12ClN3/c1-13-5-9-16(10-6-13)21-12-14(17(18)20-21)7-8-15-4-2-3-11-19-15/h2-6,9-12H,1H3. The number of aryl methyl sites for hydroxylation is 1. The van der Waals surface area contributed by atoms with Gasteiger partial charge in [-0.05, 0) is 37.1 Å². The van der Waals surface area contributed by atoms with E-state index in [0.717, 1.165) is 5.69 Å². The van der Waals surface area contributed by atoms with Gasteiger partial charge in [0.05, 0.1) is 11.3 Å². The minimum absolute atomic E-state index is 0.388. The number of nitrogens with zero attached hydrogens (tertiary/aromatic N) is 3. The third-order valence-corrected chi connectivity index (χ3v) is 3.24. The summed E-state index contributed by atoms with van der Waals surface area (Å²) in [6, 6.07) is 13.7. The fourth-order valence-corrected chi connectivity index (χ4v) is 2.01. The first-order chi connectivity index (χ1) is 10.2. The molecule has 21 heavy (non-hydrogen) atoms. The molecule has 0 aliphatic heterocycles. The van der Waals surface area contributed by atoms with Crippen LogP contribution in [0.3, 0.4) is 0 Å². The van der Waals surface area contributed by atoms with Crippen molar-refractivity contribution >= 4 is 11.6 Å². The lowest BCUT2D eigenvalue weighted by Gasteiger charge is -2.00. The maximum Gasteiger partial charge on any atom is 0.167 e. The Kier molecular flexibility index (Phi) is 3.72. The van der Waals surface area contributed by atoms with Crippen molar-refractivity contribution < 1.29 is 0 Å². The average molecular weight is 294 g/mol. The van der Waals surface area contributed by atoms with E-state index in [9.17, 15) is 0 Å². The number of aromatic nitrogens is 3. The number of pyridine rings is 1. The molecule has 0 bridgehead atoms. The molecule has 2 aromatic heterocycles. The largest absolute Gasteiger partial charge is 0.248 e. The van der Waals surface area contributed by atoms with Crippen LogP contribution in [0, 0.1) is 18.8 Å². The van der Waals surface area contributed by atoms with Crippen molar-refractivity contribution in [1.82, 2.24) is 14.8 Å². The van der Waals surface area contributed by atoms with Gasteiger partial charge in [-0.15, -0.1) is 0 Å². The summed E-state index contributed by atoms with van der Waals surface area (Å²) in [5.74, 6) is 5.98. The van der Waals surface area contributed by atoms with Gasteiger partial charge in [0.25, 0.3) is 0 Å². The molecule has 0 radical (unpaired) electrons. The van der Waals surface area contributed by atoms with E-state index in [2.05, 4.69) is 21.9 Å². The van der Waals surface area contributed by atoms with Crippen molar-refractivity contribution in [3.8, 4) is 17.5 Å². The molecular formula is C17H12ClN3. The summed E-state index contributed by atoms with van der Waals surface area (Å²) in [6.07, 6.45) is 3.53. The predicted octanol–water partition coefficient (Wildman–Crippen LogP) is 3.63. The molecule has 3 rings (SSSR count). The molecule has 0 fully saturated rings. The lowest BCUT2D eigenvalue weighted by Crippen LogP contribution is -1.93. The second-order valence-corrected chi connectivity index (χ2v) is 4.94. The second-order valence-electron chi connectivity index (χ2n) is 4.58. The van der Waals surface area contributed by atoms with Crippen molar-refractivity contribution in [1.29, 1.82) is 0 Å². The molecule has 0 spiro atoms. The number of rotatable bonds is 1. The topological polar surface area (TPSA) is 30.7 Å². The number of hydrogen-bond acceptors (Lipinski definition) is 2. The molecule has 0 N–H and O–H groups in total. The Labute approximate surface area is 128 Å². The number of halogens is 1. The highest BCUT2D eigenvalue weighted by molar-refractivity contribution is 6.30. The summed E-state index contributed by atoms with van der Waals surface area (Å²) >= 11 is 6.14. The van der Waals surface area contributed by atoms with Gasteiger partial charge in [-0.2, -0.15) is 5.10 Å². The Balaban J connectivity index is 1.92. The molecule has 0 saturated heterocycles. The minimum atomic E-state index is 0.388. The molecular weight excluding hydrogens is 282 g/mol. The normalized spacial score (nSPS) is 10.0. The van der Waals surface area contributed by atoms with E-state index in [1.807, 2.05) is 55.6 Å². The lowest BCUT2D eigenvalue weighted by atomic mass is 10.2. The molecule has 102 valence electrons. The van der Waals surface area contributed by atoms with Crippen molar-refractivity contribution in [2.24, 2.45) is 0 Å². The predicted molar refractivity (Wildman–Crippen MR) is 83.5 cm³/mol. The highest BCUT2D eigenvalue weighted by atomic mass is 35.5. The molecule has 0 aliphatic rings. The summed E-state index contributed by atoms with van der Waals surface area (Å²) in [4.78, 5) is 4.15. The highest BCUT2D eigenvalue weighted by Gasteiger charge is 2.05. The maximum absolute atomic E-state index is 6.14. The monoisotopic (exact) mass is 293 g/mol. The van der Waals surface area contributed by atoms with Gasteiger partial charge in [0, 0.05) is 12.4 Å². The SMILES string of the molecule is Cc1ccc(-n2cc(C#Cc3ccccn3)c(Cl)n2)cc1. The van der Waals surface area contributed by atoms with Gasteiger partial charge in [-0.25, -0.2) is 9.67 Å². The Morgan fingerprint density at radius 2 is 1.86 bits per heavy atom. The molecule has 0 saturated carbocycles. The van der Waals surface area contributed by atoms with Crippen LogP contribution in [0.4, 0.5) is 0 Å². The van der Waals surface area contributed by atoms with E-state index in [0.29, 0.717) is 16.4 Å². The van der Waals surface area contributed by atoms with E-state index in [4.69, 9.17) is 11.6 Å². The molecule has 4 heteroatoms. The van der Waals surface area contributed by atoms with Crippen LogP contribution in [0.1, 0.15) is 16.8 Å². The average Bonchev–Trinajstić information content (AvgIpc) is 2.88. The zero-order chi connectivity index (χ0) is 14.7. The third-order valence-electron chi connectivity index (χ3n) is 2.96. The first-order valence-corrected chi connectivity index (χ1v) is 6.85. The van der Waals surface area contributed by atoms with E-state index in [1.54, 1.807) is 10.9 Å². The number of benzene rings is 1. The Hall–Kier alpha value is -2.57. The Morgan fingerprint density at radius 1 is 1.05 bits per heavy atom. The lowest BCUT2D eigenvalue weighted by molar-refractivity contribution is 0.880. The zero-order valence-corrected chi connectivity index (χ0v) is 12.2. The summed E-state index contributed by atoms with van der Waals surface area (Å²) < 4.78 is 1.73. The van der Waals surface area contributed by atoms with Gasteiger partial charge in [-0.1, -0.05) is 41.3 Å². The van der Waals surface area contributed by atoms with Crippen LogP contribution in [-0.4, -0.2) is 14.8 Å². The molecule has 1 aromatic carbocycles. The van der Waals surface area contributed by atoms with Crippen molar-refractivity contribution in [2.45, 2.75) is 6.92 Å². The summed E-state index contributed by atoms with van der Waals surface area (Å²) in [5.41, 5.74) is 3.54. The zero-order valence-electron chi connectivity index (χ0n) is 11.4. The van der Waals surface area contributed by atoms with Gasteiger partial charge in [0.2, 0.25) is 0 Å². The van der Waals surface area contributed by atoms with E-state index >= 15 is 0 Å². The molecule has 0 aliphatic carbocycles. The molecule has 3 nitrogen and oxygen atoms in total. The Bertz CT molecular complexity index is 809. The second kappa shape index (κ2) is 5.82. The third kappa shape index (κ3) is 3.13. The molecule has 0 amide bonds. The molecule has 3 aromatic rings. The van der Waals surface area contributed by atoms with E-state index in [1.165, 1.54) is 5.56 Å². The fourth-order valence-electron chi connectivity index (χ4n) is 1.83. The molecule has 0 atom stereocenters. The highest BCUT2D eigenvalue weighted by Crippen LogP contribution is 2.16. The van der Waals surface area contributed by atoms with Gasteiger partial charge in [0.15, 0.2) is 5.15 Å². The first kappa shape index (κ1) is 13.4. The van der Waals surface area contributed by atoms with E-state index < -0.39 is 0 Å². The van der Waals surface area contributed by atoms with Crippen molar-refractivity contribution in [3.05, 3.63) is 76.8 Å². The fraction of sp³-hybridized carbons (Fsp3) is 0.0588. The van der Waals surface area contributed by atoms with Crippen LogP contribution in [0.5, 0.6) is 0 Å². The van der Waals surface area contributed by atoms with Crippen molar-refractivity contribution in [3.63, 3.8) is 0 Å². The van der Waals surface area contributed by atoms with E-state index in [-0.39, 0.29) is 0 Å². The van der Waals surface area contributed by atoms with Crippen LogP contribution < -0.4 is 0 Å². The van der Waals surface area contributed by atoms with Crippen LogP contribution in [0.2, 0.25) is 5.15 Å².